The lowest BCUT2D eigenvalue weighted by Crippen LogP contribution is -1.96. The highest BCUT2D eigenvalue weighted by atomic mass is 28.2. The fourth-order valence-corrected chi connectivity index (χ4v) is 1.32. The summed E-state index contributed by atoms with van der Waals surface area (Å²) in [5, 5.41) is 0. The van der Waals surface area contributed by atoms with E-state index in [9.17, 15) is 0 Å². The second-order valence-corrected chi connectivity index (χ2v) is 3.30. The van der Waals surface area contributed by atoms with Crippen LogP contribution in [0.5, 0.6) is 0 Å². The molecule has 1 unspecified atom stereocenters. The first-order chi connectivity index (χ1) is 3.43. The maximum atomic E-state index is 4.97. The van der Waals surface area contributed by atoms with Crippen molar-refractivity contribution in [3.63, 3.8) is 0 Å². The zero-order chi connectivity index (χ0) is 5.11. The minimum Gasteiger partial charge on any atom is -0.427 e. The van der Waals surface area contributed by atoms with Gasteiger partial charge >= 0.3 is 0 Å². The van der Waals surface area contributed by atoms with Crippen molar-refractivity contribution in [2.45, 2.75) is 12.1 Å². The summed E-state index contributed by atoms with van der Waals surface area (Å²) in [5.41, 5.74) is 0. The smallest absolute Gasteiger partial charge is 0.163 e. The highest BCUT2D eigenvalue weighted by Crippen LogP contribution is 2.12. The Kier molecular flexibility index (Phi) is 1.84. The molecule has 2 nitrogen and oxygen atoms in total. The molecule has 0 N–H and O–H groups in total. The Balaban J connectivity index is 1.80. The van der Waals surface area contributed by atoms with E-state index >= 15 is 0 Å². The highest BCUT2D eigenvalue weighted by Gasteiger charge is 2.21. The summed E-state index contributed by atoms with van der Waals surface area (Å²) >= 11 is 0. The summed E-state index contributed by atoms with van der Waals surface area (Å²) in [5.74, 6) is 0. The van der Waals surface area contributed by atoms with Gasteiger partial charge in [0.05, 0.1) is 12.7 Å². The normalized spacial score (nSPS) is 29.6. The SMILES string of the molecule is CO[SiH2]CC1CO1. The molecule has 1 saturated heterocycles. The van der Waals surface area contributed by atoms with Crippen molar-refractivity contribution in [2.75, 3.05) is 13.7 Å². The van der Waals surface area contributed by atoms with Gasteiger partial charge in [0, 0.05) is 7.11 Å². The highest BCUT2D eigenvalue weighted by molar-refractivity contribution is 6.27. The van der Waals surface area contributed by atoms with E-state index in [0.29, 0.717) is 6.10 Å². The summed E-state index contributed by atoms with van der Waals surface area (Å²) in [6.45, 7) is 0.982. The van der Waals surface area contributed by atoms with Crippen molar-refractivity contribution < 1.29 is 9.16 Å². The van der Waals surface area contributed by atoms with Crippen LogP contribution in [0.3, 0.4) is 0 Å². The Bertz CT molecular complexity index is 53.7. The van der Waals surface area contributed by atoms with E-state index in [2.05, 4.69) is 0 Å². The van der Waals surface area contributed by atoms with Gasteiger partial charge in [-0.15, -0.1) is 0 Å². The lowest BCUT2D eigenvalue weighted by Gasteiger charge is -1.88. The van der Waals surface area contributed by atoms with Crippen molar-refractivity contribution in [3.8, 4) is 0 Å². The second-order valence-electron chi connectivity index (χ2n) is 1.74. The van der Waals surface area contributed by atoms with Crippen LogP contribution in [0, 0.1) is 0 Å². The maximum Gasteiger partial charge on any atom is 0.163 e. The molecule has 1 heterocycles. The van der Waals surface area contributed by atoms with Gasteiger partial charge in [0.25, 0.3) is 0 Å². The molecule has 1 fully saturated rings. The van der Waals surface area contributed by atoms with Gasteiger partial charge in [-0.05, 0) is 6.04 Å². The molecule has 0 bridgehead atoms. The molecule has 0 spiro atoms. The molecular weight excluding hydrogens is 108 g/mol. The van der Waals surface area contributed by atoms with E-state index in [0.717, 1.165) is 6.61 Å². The van der Waals surface area contributed by atoms with E-state index in [1.807, 2.05) is 0 Å². The van der Waals surface area contributed by atoms with Crippen molar-refractivity contribution >= 4 is 9.76 Å². The second kappa shape index (κ2) is 2.45. The van der Waals surface area contributed by atoms with Crippen molar-refractivity contribution in [1.82, 2.24) is 0 Å². The lowest BCUT2D eigenvalue weighted by atomic mass is 10.6. The van der Waals surface area contributed by atoms with E-state index in [1.165, 1.54) is 6.04 Å². The summed E-state index contributed by atoms with van der Waals surface area (Å²) < 4.78 is 9.92. The molecule has 42 valence electrons. The molecule has 3 heteroatoms. The van der Waals surface area contributed by atoms with Crippen LogP contribution in [-0.2, 0) is 9.16 Å². The van der Waals surface area contributed by atoms with Gasteiger partial charge in [-0.3, -0.25) is 0 Å². The van der Waals surface area contributed by atoms with Crippen LogP contribution < -0.4 is 0 Å². The largest absolute Gasteiger partial charge is 0.427 e. The molecule has 0 aromatic heterocycles. The van der Waals surface area contributed by atoms with Gasteiger partial charge in [0.15, 0.2) is 9.76 Å². The lowest BCUT2D eigenvalue weighted by molar-refractivity contribution is 0.403. The van der Waals surface area contributed by atoms with E-state index in [-0.39, 0.29) is 9.76 Å². The number of rotatable bonds is 3. The van der Waals surface area contributed by atoms with Crippen LogP contribution in [0.4, 0.5) is 0 Å². The first-order valence-corrected chi connectivity index (χ1v) is 4.12. The average molecular weight is 118 g/mol. The van der Waals surface area contributed by atoms with Crippen LogP contribution in [0.1, 0.15) is 0 Å². The van der Waals surface area contributed by atoms with Gasteiger partial charge in [-0.25, -0.2) is 0 Å². The van der Waals surface area contributed by atoms with Gasteiger partial charge in [0.2, 0.25) is 0 Å². The molecule has 0 amide bonds. The van der Waals surface area contributed by atoms with Crippen molar-refractivity contribution in [1.29, 1.82) is 0 Å². The van der Waals surface area contributed by atoms with Gasteiger partial charge in [-0.2, -0.15) is 0 Å². The quantitative estimate of drug-likeness (QED) is 0.369. The third-order valence-corrected chi connectivity index (χ3v) is 2.33. The average Bonchev–Trinajstić information content (AvgIpc) is 2.42. The molecule has 0 radical (unpaired) electrons. The third-order valence-electron chi connectivity index (χ3n) is 1.05. The molecule has 1 rings (SSSR count). The topological polar surface area (TPSA) is 21.8 Å². The Morgan fingerprint density at radius 1 is 2.00 bits per heavy atom. The molecule has 1 aliphatic heterocycles. The molecule has 1 aliphatic rings. The summed E-state index contributed by atoms with van der Waals surface area (Å²) in [4.78, 5) is 0. The minimum absolute atomic E-state index is 0.188. The van der Waals surface area contributed by atoms with Gasteiger partial charge in [0.1, 0.15) is 0 Å². The first-order valence-electron chi connectivity index (χ1n) is 2.54. The van der Waals surface area contributed by atoms with Crippen molar-refractivity contribution in [3.05, 3.63) is 0 Å². The number of ether oxygens (including phenoxy) is 1. The summed E-state index contributed by atoms with van der Waals surface area (Å²) in [6.07, 6.45) is 0.589. The predicted octanol–water partition coefficient (Wildman–Crippen LogP) is -0.466. The predicted molar refractivity (Wildman–Crippen MR) is 30.1 cm³/mol. The fraction of sp³-hybridized carbons (Fsp3) is 1.00. The van der Waals surface area contributed by atoms with Gasteiger partial charge < -0.3 is 9.16 Å². The number of hydrogen-bond donors (Lipinski definition) is 0. The fourth-order valence-electron chi connectivity index (χ4n) is 0.484. The molecule has 1 atom stereocenters. The van der Waals surface area contributed by atoms with E-state index < -0.39 is 0 Å². The van der Waals surface area contributed by atoms with Crippen LogP contribution in [0.15, 0.2) is 0 Å². The minimum atomic E-state index is -0.188. The first kappa shape index (κ1) is 5.28. The van der Waals surface area contributed by atoms with E-state index in [4.69, 9.17) is 9.16 Å². The van der Waals surface area contributed by atoms with Crippen LogP contribution >= 0.6 is 0 Å². The molecule has 0 aromatic carbocycles. The molecule has 7 heavy (non-hydrogen) atoms. The Hall–Kier alpha value is 0.137. The molecule has 0 aliphatic carbocycles. The Morgan fingerprint density at radius 3 is 3.14 bits per heavy atom. The summed E-state index contributed by atoms with van der Waals surface area (Å²) in [7, 11) is 1.58. The zero-order valence-corrected chi connectivity index (χ0v) is 5.93. The molecule has 0 aromatic rings. The summed E-state index contributed by atoms with van der Waals surface area (Å²) in [6, 6.07) is 1.20. The number of epoxide rings is 1. The Labute approximate surface area is 45.8 Å². The van der Waals surface area contributed by atoms with Crippen LogP contribution in [-0.4, -0.2) is 29.6 Å². The van der Waals surface area contributed by atoms with Gasteiger partial charge in [-0.1, -0.05) is 0 Å². The van der Waals surface area contributed by atoms with Crippen molar-refractivity contribution in [2.24, 2.45) is 0 Å². The van der Waals surface area contributed by atoms with Crippen LogP contribution in [0.2, 0.25) is 6.04 Å². The van der Waals surface area contributed by atoms with E-state index in [1.54, 1.807) is 7.11 Å². The monoisotopic (exact) mass is 118 g/mol. The standard InChI is InChI=1S/C4H10O2Si/c1-5-7-3-4-2-6-4/h4H,2-3,7H2,1H3. The van der Waals surface area contributed by atoms with Crippen LogP contribution in [0.25, 0.3) is 0 Å². The third kappa shape index (κ3) is 2.06. The zero-order valence-electron chi connectivity index (χ0n) is 4.52. The Morgan fingerprint density at radius 2 is 2.71 bits per heavy atom. The maximum absolute atomic E-state index is 4.97. The molecular formula is C4H10O2Si. The number of hydrogen-bond acceptors (Lipinski definition) is 2. The molecule has 0 saturated carbocycles.